The van der Waals surface area contributed by atoms with Crippen LogP contribution in [0.5, 0.6) is 0 Å². The summed E-state index contributed by atoms with van der Waals surface area (Å²) in [6.45, 7) is 6.36. The number of aryl methyl sites for hydroxylation is 1. The van der Waals surface area contributed by atoms with Gasteiger partial charge >= 0.3 is 0 Å². The maximum atomic E-state index is 12.0. The van der Waals surface area contributed by atoms with Crippen LogP contribution in [0.4, 0.5) is 0 Å². The third-order valence-electron chi connectivity index (χ3n) is 3.12. The lowest BCUT2D eigenvalue weighted by atomic mass is 10.1. The second-order valence-electron chi connectivity index (χ2n) is 5.62. The van der Waals surface area contributed by atoms with Crippen LogP contribution in [-0.2, 0) is 21.2 Å². The zero-order valence-corrected chi connectivity index (χ0v) is 14.4. The number of rotatable bonds is 9. The lowest BCUT2D eigenvalue weighted by Crippen LogP contribution is -2.30. The Hall–Kier alpha value is -1.40. The van der Waals surface area contributed by atoms with Gasteiger partial charge in [0, 0.05) is 19.0 Å². The Morgan fingerprint density at radius 1 is 1.18 bits per heavy atom. The summed E-state index contributed by atoms with van der Waals surface area (Å²) in [7, 11) is -3.45. The Labute approximate surface area is 133 Å². The lowest BCUT2D eigenvalue weighted by molar-refractivity contribution is -0.121. The second-order valence-corrected chi connectivity index (χ2v) is 7.34. The third kappa shape index (κ3) is 6.58. The van der Waals surface area contributed by atoms with E-state index in [0.717, 1.165) is 18.4 Å². The van der Waals surface area contributed by atoms with E-state index >= 15 is 0 Å². The number of carbonyl (C=O) groups excluding carboxylic acids is 1. The average molecular weight is 326 g/mol. The molecule has 0 fully saturated rings. The van der Waals surface area contributed by atoms with E-state index in [1.54, 1.807) is 38.1 Å². The highest BCUT2D eigenvalue weighted by Crippen LogP contribution is 2.12. The number of carbonyl (C=O) groups is 1. The predicted molar refractivity (Wildman–Crippen MR) is 88.1 cm³/mol. The Morgan fingerprint density at radius 2 is 1.82 bits per heavy atom. The van der Waals surface area contributed by atoms with Crippen LogP contribution < -0.4 is 10.0 Å². The summed E-state index contributed by atoms with van der Waals surface area (Å²) in [6, 6.07) is 6.53. The maximum Gasteiger partial charge on any atom is 0.240 e. The van der Waals surface area contributed by atoms with E-state index in [9.17, 15) is 13.2 Å². The first kappa shape index (κ1) is 18.6. The van der Waals surface area contributed by atoms with Crippen molar-refractivity contribution < 1.29 is 13.2 Å². The number of amides is 1. The summed E-state index contributed by atoms with van der Waals surface area (Å²) in [6.07, 6.45) is 3.07. The van der Waals surface area contributed by atoms with Gasteiger partial charge in [-0.25, -0.2) is 13.1 Å². The van der Waals surface area contributed by atoms with Crippen LogP contribution in [0.3, 0.4) is 0 Å². The topological polar surface area (TPSA) is 75.3 Å². The molecule has 0 spiro atoms. The number of hydrogen-bond donors (Lipinski definition) is 2. The fourth-order valence-corrected chi connectivity index (χ4v) is 3.22. The molecule has 0 aromatic heterocycles. The van der Waals surface area contributed by atoms with Gasteiger partial charge in [0.05, 0.1) is 4.90 Å². The summed E-state index contributed by atoms with van der Waals surface area (Å²) >= 11 is 0. The first-order valence-electron chi connectivity index (χ1n) is 7.73. The predicted octanol–water partition coefficient (Wildman–Crippen LogP) is 2.22. The highest BCUT2D eigenvalue weighted by atomic mass is 32.2. The Bertz CT molecular complexity index is 566. The maximum absolute atomic E-state index is 12.0. The van der Waals surface area contributed by atoms with Crippen molar-refractivity contribution in [3.05, 3.63) is 29.8 Å². The monoisotopic (exact) mass is 326 g/mol. The zero-order valence-electron chi connectivity index (χ0n) is 13.6. The number of benzene rings is 1. The minimum atomic E-state index is -3.45. The van der Waals surface area contributed by atoms with Gasteiger partial charge < -0.3 is 5.32 Å². The largest absolute Gasteiger partial charge is 0.356 e. The van der Waals surface area contributed by atoms with E-state index < -0.39 is 10.0 Å². The van der Waals surface area contributed by atoms with E-state index in [4.69, 9.17) is 0 Å². The molecule has 5 nitrogen and oxygen atoms in total. The number of unbranched alkanes of at least 4 members (excludes halogenated alkanes) is 1. The molecule has 0 saturated heterocycles. The fourth-order valence-electron chi connectivity index (χ4n) is 1.96. The number of sulfonamides is 1. The molecule has 124 valence electrons. The van der Waals surface area contributed by atoms with Crippen molar-refractivity contribution in [1.82, 2.24) is 10.0 Å². The van der Waals surface area contributed by atoms with Crippen molar-refractivity contribution in [2.75, 3.05) is 6.54 Å². The minimum absolute atomic E-state index is 0.0339. The molecule has 6 heteroatoms. The summed E-state index contributed by atoms with van der Waals surface area (Å²) in [5, 5.41) is 2.87. The summed E-state index contributed by atoms with van der Waals surface area (Å²) < 4.78 is 26.5. The molecule has 0 heterocycles. The molecule has 22 heavy (non-hydrogen) atoms. The Kier molecular flexibility index (Phi) is 7.55. The first-order valence-corrected chi connectivity index (χ1v) is 9.21. The van der Waals surface area contributed by atoms with Crippen LogP contribution in [0, 0.1) is 0 Å². The SMILES string of the molecule is CCCCNC(=O)CCc1ccc(S(=O)(=O)NC(C)C)cc1. The average Bonchev–Trinajstić information content (AvgIpc) is 2.44. The molecule has 0 unspecified atom stereocenters. The molecule has 1 rings (SSSR count). The van der Waals surface area contributed by atoms with Gasteiger partial charge in [0.15, 0.2) is 0 Å². The van der Waals surface area contributed by atoms with E-state index in [0.29, 0.717) is 19.4 Å². The first-order chi connectivity index (χ1) is 10.3. The number of nitrogens with one attached hydrogen (secondary N) is 2. The van der Waals surface area contributed by atoms with Gasteiger partial charge in [-0.3, -0.25) is 4.79 Å². The van der Waals surface area contributed by atoms with Crippen molar-refractivity contribution in [3.63, 3.8) is 0 Å². The summed E-state index contributed by atoms with van der Waals surface area (Å²) in [4.78, 5) is 11.9. The van der Waals surface area contributed by atoms with E-state index in [1.165, 1.54) is 0 Å². The van der Waals surface area contributed by atoms with Gasteiger partial charge in [-0.05, 0) is 44.4 Å². The molecular formula is C16H26N2O3S. The van der Waals surface area contributed by atoms with Gasteiger partial charge in [-0.1, -0.05) is 25.5 Å². The smallest absolute Gasteiger partial charge is 0.240 e. The normalized spacial score (nSPS) is 11.6. The molecule has 0 atom stereocenters. The third-order valence-corrected chi connectivity index (χ3v) is 4.79. The number of hydrogen-bond acceptors (Lipinski definition) is 3. The van der Waals surface area contributed by atoms with E-state index in [-0.39, 0.29) is 16.8 Å². The van der Waals surface area contributed by atoms with E-state index in [1.807, 2.05) is 0 Å². The van der Waals surface area contributed by atoms with Crippen LogP contribution >= 0.6 is 0 Å². The standard InChI is InChI=1S/C16H26N2O3S/c1-4-5-12-17-16(19)11-8-14-6-9-15(10-7-14)22(20,21)18-13(2)3/h6-7,9-10,13,18H,4-5,8,11-12H2,1-3H3,(H,17,19). The van der Waals surface area contributed by atoms with Crippen molar-refractivity contribution >= 4 is 15.9 Å². The van der Waals surface area contributed by atoms with Gasteiger partial charge in [-0.2, -0.15) is 0 Å². The molecule has 1 aromatic rings. The molecule has 1 aromatic carbocycles. The highest BCUT2D eigenvalue weighted by Gasteiger charge is 2.14. The minimum Gasteiger partial charge on any atom is -0.356 e. The molecule has 0 aliphatic carbocycles. The molecule has 2 N–H and O–H groups in total. The lowest BCUT2D eigenvalue weighted by Gasteiger charge is -2.10. The van der Waals surface area contributed by atoms with Gasteiger partial charge in [0.2, 0.25) is 15.9 Å². The fraction of sp³-hybridized carbons (Fsp3) is 0.562. The molecule has 0 bridgehead atoms. The van der Waals surface area contributed by atoms with Crippen molar-refractivity contribution in [3.8, 4) is 0 Å². The molecule has 0 radical (unpaired) electrons. The van der Waals surface area contributed by atoms with E-state index in [2.05, 4.69) is 17.0 Å². The van der Waals surface area contributed by atoms with Crippen LogP contribution in [0.2, 0.25) is 0 Å². The highest BCUT2D eigenvalue weighted by molar-refractivity contribution is 7.89. The molecule has 0 aliphatic rings. The van der Waals surface area contributed by atoms with Gasteiger partial charge in [0.1, 0.15) is 0 Å². The summed E-state index contributed by atoms with van der Waals surface area (Å²) in [5.74, 6) is 0.0339. The molecule has 0 aliphatic heterocycles. The van der Waals surface area contributed by atoms with Crippen LogP contribution in [-0.4, -0.2) is 26.9 Å². The Balaban J connectivity index is 2.53. The molecule has 1 amide bonds. The summed E-state index contributed by atoms with van der Waals surface area (Å²) in [5.41, 5.74) is 0.953. The van der Waals surface area contributed by atoms with Crippen LogP contribution in [0.15, 0.2) is 29.2 Å². The molecular weight excluding hydrogens is 300 g/mol. The zero-order chi connectivity index (χ0) is 16.6. The quantitative estimate of drug-likeness (QED) is 0.683. The second kappa shape index (κ2) is 8.90. The van der Waals surface area contributed by atoms with Crippen LogP contribution in [0.1, 0.15) is 45.6 Å². The van der Waals surface area contributed by atoms with Crippen molar-refractivity contribution in [2.24, 2.45) is 0 Å². The van der Waals surface area contributed by atoms with Crippen molar-refractivity contribution in [2.45, 2.75) is 57.4 Å². The van der Waals surface area contributed by atoms with Crippen molar-refractivity contribution in [1.29, 1.82) is 0 Å². The van der Waals surface area contributed by atoms with Gasteiger partial charge in [0.25, 0.3) is 0 Å². The van der Waals surface area contributed by atoms with Gasteiger partial charge in [-0.15, -0.1) is 0 Å². The molecule has 0 saturated carbocycles. The van der Waals surface area contributed by atoms with Crippen LogP contribution in [0.25, 0.3) is 0 Å². The Morgan fingerprint density at radius 3 is 2.36 bits per heavy atom.